The van der Waals surface area contributed by atoms with Crippen LogP contribution in [0.4, 0.5) is 5.69 Å². The van der Waals surface area contributed by atoms with Crippen LogP contribution in [0.5, 0.6) is 0 Å². The van der Waals surface area contributed by atoms with E-state index in [2.05, 4.69) is 15.5 Å². The van der Waals surface area contributed by atoms with E-state index >= 15 is 0 Å². The van der Waals surface area contributed by atoms with Gasteiger partial charge in [-0.3, -0.25) is 5.10 Å². The number of carbonyl (C=O) groups excluding carboxylic acids is 1. The SMILES string of the molecule is CCOC(=O)c1n[nH]c(C)c1NCc1ccccc1. The van der Waals surface area contributed by atoms with Gasteiger partial charge in [0.25, 0.3) is 0 Å². The van der Waals surface area contributed by atoms with Gasteiger partial charge in [0.2, 0.25) is 0 Å². The molecule has 2 aromatic rings. The van der Waals surface area contributed by atoms with Crippen LogP contribution in [-0.2, 0) is 11.3 Å². The average Bonchev–Trinajstić information content (AvgIpc) is 2.79. The summed E-state index contributed by atoms with van der Waals surface area (Å²) in [5, 5.41) is 10.0. The maximum absolute atomic E-state index is 11.7. The number of aromatic nitrogens is 2. The van der Waals surface area contributed by atoms with Gasteiger partial charge < -0.3 is 10.1 Å². The third-order valence-electron chi connectivity index (χ3n) is 2.73. The highest BCUT2D eigenvalue weighted by Gasteiger charge is 2.18. The summed E-state index contributed by atoms with van der Waals surface area (Å²) in [5.41, 5.74) is 2.95. The molecule has 0 saturated carbocycles. The van der Waals surface area contributed by atoms with Crippen LogP contribution in [0.3, 0.4) is 0 Å². The smallest absolute Gasteiger partial charge is 0.361 e. The number of ether oxygens (including phenoxy) is 1. The second-order valence-electron chi connectivity index (χ2n) is 4.13. The van der Waals surface area contributed by atoms with Gasteiger partial charge >= 0.3 is 5.97 Å². The molecule has 0 aliphatic rings. The number of nitrogens with zero attached hydrogens (tertiary/aromatic N) is 1. The van der Waals surface area contributed by atoms with Crippen LogP contribution in [0.25, 0.3) is 0 Å². The summed E-state index contributed by atoms with van der Waals surface area (Å²) in [6, 6.07) is 9.96. The van der Waals surface area contributed by atoms with Crippen LogP contribution in [0.1, 0.15) is 28.7 Å². The Labute approximate surface area is 112 Å². The molecule has 5 heteroatoms. The minimum Gasteiger partial charge on any atom is -0.461 e. The van der Waals surface area contributed by atoms with E-state index in [0.717, 1.165) is 11.3 Å². The van der Waals surface area contributed by atoms with E-state index in [0.29, 0.717) is 24.5 Å². The van der Waals surface area contributed by atoms with E-state index < -0.39 is 5.97 Å². The van der Waals surface area contributed by atoms with Crippen molar-refractivity contribution in [1.29, 1.82) is 0 Å². The van der Waals surface area contributed by atoms with Crippen LogP contribution >= 0.6 is 0 Å². The molecular weight excluding hydrogens is 242 g/mol. The quantitative estimate of drug-likeness (QED) is 0.810. The molecule has 5 nitrogen and oxygen atoms in total. The van der Waals surface area contributed by atoms with Gasteiger partial charge in [-0.05, 0) is 19.4 Å². The molecule has 0 atom stereocenters. The number of rotatable bonds is 5. The molecule has 0 unspecified atom stereocenters. The van der Waals surface area contributed by atoms with Crippen molar-refractivity contribution in [2.45, 2.75) is 20.4 Å². The van der Waals surface area contributed by atoms with Gasteiger partial charge in [0, 0.05) is 6.54 Å². The van der Waals surface area contributed by atoms with Crippen molar-refractivity contribution in [2.75, 3.05) is 11.9 Å². The number of H-pyrrole nitrogens is 1. The number of aryl methyl sites for hydroxylation is 1. The maximum atomic E-state index is 11.7. The fourth-order valence-electron chi connectivity index (χ4n) is 1.78. The summed E-state index contributed by atoms with van der Waals surface area (Å²) in [6.45, 7) is 4.61. The van der Waals surface area contributed by atoms with Crippen LogP contribution in [0.15, 0.2) is 30.3 Å². The van der Waals surface area contributed by atoms with Crippen molar-refractivity contribution in [1.82, 2.24) is 10.2 Å². The average molecular weight is 259 g/mol. The number of nitrogens with one attached hydrogen (secondary N) is 2. The number of carbonyl (C=O) groups is 1. The van der Waals surface area contributed by atoms with E-state index in [1.165, 1.54) is 0 Å². The van der Waals surface area contributed by atoms with Gasteiger partial charge in [-0.1, -0.05) is 30.3 Å². The lowest BCUT2D eigenvalue weighted by atomic mass is 10.2. The summed E-state index contributed by atoms with van der Waals surface area (Å²) < 4.78 is 4.97. The Morgan fingerprint density at radius 3 is 2.79 bits per heavy atom. The zero-order valence-corrected chi connectivity index (χ0v) is 11.1. The lowest BCUT2D eigenvalue weighted by molar-refractivity contribution is 0.0520. The first-order valence-corrected chi connectivity index (χ1v) is 6.22. The van der Waals surface area contributed by atoms with Gasteiger partial charge in [-0.25, -0.2) is 4.79 Å². The highest BCUT2D eigenvalue weighted by molar-refractivity contribution is 5.94. The Morgan fingerprint density at radius 1 is 1.37 bits per heavy atom. The third-order valence-corrected chi connectivity index (χ3v) is 2.73. The van der Waals surface area contributed by atoms with Gasteiger partial charge in [-0.15, -0.1) is 0 Å². The van der Waals surface area contributed by atoms with Crippen LogP contribution < -0.4 is 5.32 Å². The molecule has 2 rings (SSSR count). The first kappa shape index (κ1) is 13.1. The molecule has 19 heavy (non-hydrogen) atoms. The van der Waals surface area contributed by atoms with E-state index in [1.54, 1.807) is 6.92 Å². The molecule has 0 saturated heterocycles. The molecule has 2 N–H and O–H groups in total. The van der Waals surface area contributed by atoms with Crippen molar-refractivity contribution in [3.63, 3.8) is 0 Å². The van der Waals surface area contributed by atoms with Crippen molar-refractivity contribution in [3.8, 4) is 0 Å². The number of aromatic amines is 1. The second-order valence-corrected chi connectivity index (χ2v) is 4.13. The third kappa shape index (κ3) is 3.13. The molecule has 0 bridgehead atoms. The topological polar surface area (TPSA) is 67.0 Å². The number of esters is 1. The summed E-state index contributed by atoms with van der Waals surface area (Å²) in [6.07, 6.45) is 0. The van der Waals surface area contributed by atoms with Crippen LogP contribution in [0, 0.1) is 6.92 Å². The number of hydrogen-bond donors (Lipinski definition) is 2. The molecule has 0 radical (unpaired) electrons. The molecule has 0 aliphatic heterocycles. The molecule has 0 spiro atoms. The fraction of sp³-hybridized carbons (Fsp3) is 0.286. The number of anilines is 1. The van der Waals surface area contributed by atoms with Crippen molar-refractivity contribution in [2.24, 2.45) is 0 Å². The molecule has 0 amide bonds. The minimum atomic E-state index is -0.414. The molecule has 1 aromatic carbocycles. The Kier molecular flexibility index (Phi) is 4.18. The first-order valence-electron chi connectivity index (χ1n) is 6.22. The highest BCUT2D eigenvalue weighted by Crippen LogP contribution is 2.19. The van der Waals surface area contributed by atoms with E-state index in [4.69, 9.17) is 4.74 Å². The Bertz CT molecular complexity index is 549. The zero-order chi connectivity index (χ0) is 13.7. The van der Waals surface area contributed by atoms with Gasteiger partial charge in [-0.2, -0.15) is 5.10 Å². The van der Waals surface area contributed by atoms with E-state index in [9.17, 15) is 4.79 Å². The normalized spacial score (nSPS) is 10.2. The van der Waals surface area contributed by atoms with Gasteiger partial charge in [0.05, 0.1) is 18.0 Å². The van der Waals surface area contributed by atoms with Crippen molar-refractivity contribution < 1.29 is 9.53 Å². The molecule has 0 aliphatic carbocycles. The molecule has 1 heterocycles. The Balaban J connectivity index is 2.11. The standard InChI is InChI=1S/C14H17N3O2/c1-3-19-14(18)13-12(10(2)16-17-13)15-9-11-7-5-4-6-8-11/h4-8,15H,3,9H2,1-2H3,(H,16,17). The Morgan fingerprint density at radius 2 is 2.11 bits per heavy atom. The predicted octanol–water partition coefficient (Wildman–Crippen LogP) is 2.51. The summed E-state index contributed by atoms with van der Waals surface area (Å²) in [7, 11) is 0. The second kappa shape index (κ2) is 6.04. The minimum absolute atomic E-state index is 0.301. The first-order chi connectivity index (χ1) is 9.22. The largest absolute Gasteiger partial charge is 0.461 e. The summed E-state index contributed by atoms with van der Waals surface area (Å²) in [5.74, 6) is -0.414. The number of benzene rings is 1. The Hall–Kier alpha value is -2.30. The van der Waals surface area contributed by atoms with Gasteiger partial charge in [0.15, 0.2) is 5.69 Å². The van der Waals surface area contributed by atoms with E-state index in [1.807, 2.05) is 37.3 Å². The summed E-state index contributed by atoms with van der Waals surface area (Å²) >= 11 is 0. The van der Waals surface area contributed by atoms with E-state index in [-0.39, 0.29) is 0 Å². The lowest BCUT2D eigenvalue weighted by Gasteiger charge is -2.07. The maximum Gasteiger partial charge on any atom is 0.361 e. The highest BCUT2D eigenvalue weighted by atomic mass is 16.5. The molecular formula is C14H17N3O2. The van der Waals surface area contributed by atoms with Crippen LogP contribution in [-0.4, -0.2) is 22.8 Å². The number of hydrogen-bond acceptors (Lipinski definition) is 4. The monoisotopic (exact) mass is 259 g/mol. The van der Waals surface area contributed by atoms with Crippen molar-refractivity contribution in [3.05, 3.63) is 47.3 Å². The molecule has 0 fully saturated rings. The van der Waals surface area contributed by atoms with Gasteiger partial charge in [0.1, 0.15) is 0 Å². The predicted molar refractivity (Wildman–Crippen MR) is 73.0 cm³/mol. The zero-order valence-electron chi connectivity index (χ0n) is 11.1. The summed E-state index contributed by atoms with van der Waals surface area (Å²) in [4.78, 5) is 11.7. The molecule has 100 valence electrons. The lowest BCUT2D eigenvalue weighted by Crippen LogP contribution is -2.09. The van der Waals surface area contributed by atoms with Crippen LogP contribution in [0.2, 0.25) is 0 Å². The molecule has 1 aromatic heterocycles. The fourth-order valence-corrected chi connectivity index (χ4v) is 1.78. The van der Waals surface area contributed by atoms with Crippen molar-refractivity contribution >= 4 is 11.7 Å².